The fraction of sp³-hybridized carbons (Fsp3) is 0.400. The average molecular weight is 545 g/mol. The number of benzene rings is 2. The van der Waals surface area contributed by atoms with Gasteiger partial charge in [0.25, 0.3) is 0 Å². The van der Waals surface area contributed by atoms with E-state index >= 15 is 0 Å². The van der Waals surface area contributed by atoms with Gasteiger partial charge < -0.3 is 9.64 Å². The number of aromatic nitrogens is 1. The molecule has 0 N–H and O–H groups in total. The first-order chi connectivity index (χ1) is 15.9. The zero-order chi connectivity index (χ0) is 23.3. The first kappa shape index (κ1) is 29.3. The van der Waals surface area contributed by atoms with Crippen LogP contribution in [0.5, 0.6) is 5.75 Å². The van der Waals surface area contributed by atoms with E-state index in [0.717, 1.165) is 44.3 Å². The van der Waals surface area contributed by atoms with Crippen molar-refractivity contribution in [1.29, 1.82) is 0 Å². The molecule has 6 nitrogen and oxygen atoms in total. The minimum atomic E-state index is -3.57. The number of pyridine rings is 1. The maximum absolute atomic E-state index is 13.3. The fourth-order valence-electron chi connectivity index (χ4n) is 4.35. The number of ether oxygens (including phenoxy) is 1. The SMILES string of the molecule is CN(CC1CCN(CCCOc2ccc(F)cc2)CC1)S(=O)(=O)c1cccc2cnccc12.Cl.Cl. The van der Waals surface area contributed by atoms with Crippen molar-refractivity contribution in [3.05, 3.63) is 66.7 Å². The van der Waals surface area contributed by atoms with Gasteiger partial charge in [-0.2, -0.15) is 0 Å². The van der Waals surface area contributed by atoms with Crippen LogP contribution < -0.4 is 4.74 Å². The highest BCUT2D eigenvalue weighted by atomic mass is 35.5. The summed E-state index contributed by atoms with van der Waals surface area (Å²) in [4.78, 5) is 6.83. The van der Waals surface area contributed by atoms with Gasteiger partial charge in [-0.25, -0.2) is 17.1 Å². The summed E-state index contributed by atoms with van der Waals surface area (Å²) in [6, 6.07) is 13.1. The molecule has 3 aromatic rings. The quantitative estimate of drug-likeness (QED) is 0.354. The monoisotopic (exact) mass is 543 g/mol. The number of hydrogen-bond acceptors (Lipinski definition) is 5. The van der Waals surface area contributed by atoms with Crippen molar-refractivity contribution in [3.8, 4) is 5.75 Å². The van der Waals surface area contributed by atoms with E-state index in [1.807, 2.05) is 6.07 Å². The molecule has 2 aromatic carbocycles. The molecule has 0 unspecified atom stereocenters. The van der Waals surface area contributed by atoms with Crippen molar-refractivity contribution in [1.82, 2.24) is 14.2 Å². The van der Waals surface area contributed by atoms with Gasteiger partial charge in [-0.1, -0.05) is 12.1 Å². The molecule has 1 saturated heterocycles. The number of rotatable bonds is 9. The Morgan fingerprint density at radius 1 is 1.09 bits per heavy atom. The lowest BCUT2D eigenvalue weighted by Crippen LogP contribution is -2.40. The number of sulfonamides is 1. The van der Waals surface area contributed by atoms with Gasteiger partial charge in [0.15, 0.2) is 0 Å². The fourth-order valence-corrected chi connectivity index (χ4v) is 5.81. The van der Waals surface area contributed by atoms with Crippen LogP contribution in [0.3, 0.4) is 0 Å². The normalized spacial score (nSPS) is 14.9. The number of fused-ring (bicyclic) bond motifs is 1. The molecule has 0 spiro atoms. The van der Waals surface area contributed by atoms with Crippen molar-refractivity contribution in [3.63, 3.8) is 0 Å². The van der Waals surface area contributed by atoms with Crippen LogP contribution in [0.1, 0.15) is 19.3 Å². The number of hydrogen-bond donors (Lipinski definition) is 0. The summed E-state index contributed by atoms with van der Waals surface area (Å²) in [6.07, 6.45) is 6.15. The third kappa shape index (κ3) is 7.51. The molecule has 0 atom stereocenters. The molecule has 1 aromatic heterocycles. The molecule has 1 aliphatic heterocycles. The molecule has 0 radical (unpaired) electrons. The Bertz CT molecular complexity index is 1170. The Balaban J connectivity index is 0.00000216. The summed E-state index contributed by atoms with van der Waals surface area (Å²) in [5.41, 5.74) is 0. The standard InChI is InChI=1S/C25H30FN3O3S.2ClH/c1-28(33(30,31)25-5-2-4-21-18-27-13-10-24(21)25)19-20-11-15-29(16-12-20)14-3-17-32-23-8-6-22(26)7-9-23;;/h2,4-10,13,18,20H,3,11-12,14-17,19H2,1H3;2*1H. The Labute approximate surface area is 219 Å². The Morgan fingerprint density at radius 2 is 1.80 bits per heavy atom. The van der Waals surface area contributed by atoms with Crippen LogP contribution in [0.15, 0.2) is 65.8 Å². The Morgan fingerprint density at radius 3 is 2.51 bits per heavy atom. The van der Waals surface area contributed by atoms with E-state index in [1.165, 1.54) is 16.4 Å². The van der Waals surface area contributed by atoms with Crippen LogP contribution in [0, 0.1) is 11.7 Å². The minimum Gasteiger partial charge on any atom is -0.494 e. The third-order valence-corrected chi connectivity index (χ3v) is 8.13. The Hall–Kier alpha value is -1.97. The lowest BCUT2D eigenvalue weighted by molar-refractivity contribution is 0.161. The summed E-state index contributed by atoms with van der Waals surface area (Å²) in [6.45, 7) is 3.95. The van der Waals surface area contributed by atoms with Crippen molar-refractivity contribution < 1.29 is 17.5 Å². The predicted octanol–water partition coefficient (Wildman–Crippen LogP) is 5.02. The molecule has 0 amide bonds. The minimum absolute atomic E-state index is 0. The Kier molecular flexibility index (Phi) is 11.2. The number of likely N-dealkylation sites (tertiary alicyclic amines) is 1. The van der Waals surface area contributed by atoms with Gasteiger partial charge in [0.1, 0.15) is 11.6 Å². The van der Waals surface area contributed by atoms with Gasteiger partial charge in [0.2, 0.25) is 10.0 Å². The van der Waals surface area contributed by atoms with Gasteiger partial charge in [-0.3, -0.25) is 4.98 Å². The number of halogens is 3. The van der Waals surface area contributed by atoms with Crippen LogP contribution in [-0.2, 0) is 10.0 Å². The van der Waals surface area contributed by atoms with Crippen LogP contribution in [0.4, 0.5) is 4.39 Å². The second kappa shape index (κ2) is 13.4. The van der Waals surface area contributed by atoms with Crippen molar-refractivity contribution >= 4 is 45.6 Å². The van der Waals surface area contributed by atoms with E-state index in [-0.39, 0.29) is 30.6 Å². The number of piperidine rings is 1. The predicted molar refractivity (Wildman–Crippen MR) is 142 cm³/mol. The molecule has 0 aliphatic carbocycles. The summed E-state index contributed by atoms with van der Waals surface area (Å²) >= 11 is 0. The molecule has 4 rings (SSSR count). The highest BCUT2D eigenvalue weighted by molar-refractivity contribution is 7.89. The van der Waals surface area contributed by atoms with Gasteiger partial charge in [-0.05, 0) is 74.7 Å². The summed E-state index contributed by atoms with van der Waals surface area (Å²) in [5.74, 6) is 0.757. The van der Waals surface area contributed by atoms with Crippen LogP contribution in [0.2, 0.25) is 0 Å². The van der Waals surface area contributed by atoms with E-state index in [4.69, 9.17) is 4.74 Å². The van der Waals surface area contributed by atoms with Crippen LogP contribution >= 0.6 is 24.8 Å². The highest BCUT2D eigenvalue weighted by Gasteiger charge is 2.27. The largest absolute Gasteiger partial charge is 0.494 e. The molecule has 10 heteroatoms. The van der Waals surface area contributed by atoms with Crippen molar-refractivity contribution in [2.45, 2.75) is 24.2 Å². The first-order valence-electron chi connectivity index (χ1n) is 11.3. The highest BCUT2D eigenvalue weighted by Crippen LogP contribution is 2.26. The lowest BCUT2D eigenvalue weighted by atomic mass is 9.97. The molecule has 35 heavy (non-hydrogen) atoms. The summed E-state index contributed by atoms with van der Waals surface area (Å²) in [7, 11) is -1.90. The maximum atomic E-state index is 13.3. The van der Waals surface area contributed by atoms with E-state index in [2.05, 4.69) is 9.88 Å². The second-order valence-electron chi connectivity index (χ2n) is 8.58. The van der Waals surface area contributed by atoms with Crippen LogP contribution in [0.25, 0.3) is 10.8 Å². The topological polar surface area (TPSA) is 62.7 Å². The average Bonchev–Trinajstić information content (AvgIpc) is 2.83. The van der Waals surface area contributed by atoms with Crippen LogP contribution in [-0.4, -0.2) is 62.4 Å². The number of nitrogens with zero attached hydrogens (tertiary/aromatic N) is 3. The smallest absolute Gasteiger partial charge is 0.243 e. The zero-order valence-corrected chi connectivity index (χ0v) is 22.1. The van der Waals surface area contributed by atoms with E-state index in [0.29, 0.717) is 35.1 Å². The molecule has 2 heterocycles. The second-order valence-corrected chi connectivity index (χ2v) is 10.6. The summed E-state index contributed by atoms with van der Waals surface area (Å²) < 4.78 is 46.6. The van der Waals surface area contributed by atoms with Crippen molar-refractivity contribution in [2.24, 2.45) is 5.92 Å². The maximum Gasteiger partial charge on any atom is 0.243 e. The summed E-state index contributed by atoms with van der Waals surface area (Å²) in [5, 5.41) is 1.53. The van der Waals surface area contributed by atoms with Gasteiger partial charge in [0.05, 0.1) is 11.5 Å². The zero-order valence-electron chi connectivity index (χ0n) is 19.7. The molecule has 1 aliphatic rings. The first-order valence-corrected chi connectivity index (χ1v) is 12.8. The molecule has 1 fully saturated rings. The molecule has 192 valence electrons. The third-order valence-electron chi connectivity index (χ3n) is 6.25. The molecule has 0 bridgehead atoms. The van der Waals surface area contributed by atoms with E-state index < -0.39 is 10.0 Å². The van der Waals surface area contributed by atoms with Gasteiger partial charge >= 0.3 is 0 Å². The van der Waals surface area contributed by atoms with Crippen molar-refractivity contribution in [2.75, 3.05) is 39.8 Å². The van der Waals surface area contributed by atoms with E-state index in [9.17, 15) is 12.8 Å². The molecular formula is C25H32Cl2FN3O3S. The molecule has 0 saturated carbocycles. The lowest BCUT2D eigenvalue weighted by Gasteiger charge is -2.33. The van der Waals surface area contributed by atoms with E-state index in [1.54, 1.807) is 49.8 Å². The molecular weight excluding hydrogens is 512 g/mol. The van der Waals surface area contributed by atoms with Gasteiger partial charge in [-0.15, -0.1) is 24.8 Å². The van der Waals surface area contributed by atoms with Gasteiger partial charge in [0, 0.05) is 43.3 Å².